The zero-order chi connectivity index (χ0) is 10.8. The summed E-state index contributed by atoms with van der Waals surface area (Å²) in [7, 11) is 0. The third-order valence-corrected chi connectivity index (χ3v) is 2.49. The molecule has 0 spiro atoms. The summed E-state index contributed by atoms with van der Waals surface area (Å²) in [5.41, 5.74) is 0.126. The van der Waals surface area contributed by atoms with Crippen molar-refractivity contribution in [2.75, 3.05) is 26.2 Å². The molecule has 0 saturated carbocycles. The number of halogens is 2. The van der Waals surface area contributed by atoms with Gasteiger partial charge in [-0.3, -0.25) is 0 Å². The second kappa shape index (κ2) is 4.11. The SMILES string of the molecule is CC(C)(C)CCN1CCNCC1(F)F. The molecule has 1 rings (SSSR count). The molecular weight excluding hydrogens is 186 g/mol. The number of hydrogen-bond acceptors (Lipinski definition) is 2. The standard InChI is InChI=1S/C10H20F2N2/c1-9(2,3)4-6-14-7-5-13-8-10(14,11)12/h13H,4-8H2,1-3H3. The second-order valence-corrected chi connectivity index (χ2v) is 5.14. The van der Waals surface area contributed by atoms with Crippen LogP contribution in [0.3, 0.4) is 0 Å². The first-order valence-electron chi connectivity index (χ1n) is 5.15. The van der Waals surface area contributed by atoms with Crippen LogP contribution in [-0.4, -0.2) is 37.1 Å². The van der Waals surface area contributed by atoms with Gasteiger partial charge in [0.25, 0.3) is 0 Å². The van der Waals surface area contributed by atoms with Crippen LogP contribution in [0.1, 0.15) is 27.2 Å². The van der Waals surface area contributed by atoms with E-state index in [1.54, 1.807) is 0 Å². The minimum Gasteiger partial charge on any atom is -0.309 e. The lowest BCUT2D eigenvalue weighted by molar-refractivity contribution is -0.158. The molecule has 4 heteroatoms. The lowest BCUT2D eigenvalue weighted by Crippen LogP contribution is -2.56. The average Bonchev–Trinajstić information content (AvgIpc) is 2.00. The fraction of sp³-hybridized carbons (Fsp3) is 1.00. The summed E-state index contributed by atoms with van der Waals surface area (Å²) in [4.78, 5) is 1.29. The molecule has 0 bridgehead atoms. The fourth-order valence-corrected chi connectivity index (χ4v) is 1.47. The smallest absolute Gasteiger partial charge is 0.309 e. The van der Waals surface area contributed by atoms with E-state index in [9.17, 15) is 8.78 Å². The van der Waals surface area contributed by atoms with Crippen molar-refractivity contribution in [3.8, 4) is 0 Å². The van der Waals surface area contributed by atoms with Crippen LogP contribution in [0.25, 0.3) is 0 Å². The molecule has 1 fully saturated rings. The summed E-state index contributed by atoms with van der Waals surface area (Å²) in [6.07, 6.45) is 0.808. The van der Waals surface area contributed by atoms with Crippen LogP contribution >= 0.6 is 0 Å². The van der Waals surface area contributed by atoms with E-state index in [0.717, 1.165) is 6.42 Å². The molecule has 0 aromatic carbocycles. The van der Waals surface area contributed by atoms with Crippen LogP contribution in [0, 0.1) is 5.41 Å². The van der Waals surface area contributed by atoms with Crippen LogP contribution in [0.4, 0.5) is 8.78 Å². The topological polar surface area (TPSA) is 15.3 Å². The van der Waals surface area contributed by atoms with Gasteiger partial charge in [0.15, 0.2) is 0 Å². The molecule has 1 aliphatic heterocycles. The number of rotatable bonds is 2. The molecule has 0 atom stereocenters. The van der Waals surface area contributed by atoms with E-state index in [4.69, 9.17) is 0 Å². The average molecular weight is 206 g/mol. The van der Waals surface area contributed by atoms with Crippen molar-refractivity contribution >= 4 is 0 Å². The molecule has 84 valence electrons. The Morgan fingerprint density at radius 2 is 2.00 bits per heavy atom. The molecule has 2 nitrogen and oxygen atoms in total. The Hall–Kier alpha value is -0.220. The van der Waals surface area contributed by atoms with E-state index >= 15 is 0 Å². The van der Waals surface area contributed by atoms with Gasteiger partial charge in [-0.1, -0.05) is 20.8 Å². The molecule has 14 heavy (non-hydrogen) atoms. The van der Waals surface area contributed by atoms with Crippen LogP contribution in [0.2, 0.25) is 0 Å². The predicted molar refractivity (Wildman–Crippen MR) is 53.5 cm³/mol. The highest BCUT2D eigenvalue weighted by Crippen LogP contribution is 2.25. The van der Waals surface area contributed by atoms with Crippen molar-refractivity contribution in [3.05, 3.63) is 0 Å². The van der Waals surface area contributed by atoms with Gasteiger partial charge in [0.2, 0.25) is 0 Å². The first-order chi connectivity index (χ1) is 6.31. The largest absolute Gasteiger partial charge is 0.317 e. The van der Waals surface area contributed by atoms with Gasteiger partial charge in [-0.05, 0) is 11.8 Å². The highest BCUT2D eigenvalue weighted by molar-refractivity contribution is 4.79. The molecular formula is C10H20F2N2. The van der Waals surface area contributed by atoms with Crippen molar-refractivity contribution in [1.29, 1.82) is 0 Å². The first-order valence-corrected chi connectivity index (χ1v) is 5.15. The van der Waals surface area contributed by atoms with Crippen molar-refractivity contribution in [2.24, 2.45) is 5.41 Å². The minimum atomic E-state index is -2.66. The minimum absolute atomic E-state index is 0.126. The Kier molecular flexibility index (Phi) is 3.48. The van der Waals surface area contributed by atoms with Gasteiger partial charge in [-0.25, -0.2) is 4.90 Å². The van der Waals surface area contributed by atoms with Crippen LogP contribution in [-0.2, 0) is 0 Å². The Labute approximate surface area is 84.7 Å². The van der Waals surface area contributed by atoms with Gasteiger partial charge < -0.3 is 5.32 Å². The van der Waals surface area contributed by atoms with Gasteiger partial charge in [-0.2, -0.15) is 8.78 Å². The van der Waals surface area contributed by atoms with E-state index in [2.05, 4.69) is 26.1 Å². The van der Waals surface area contributed by atoms with Crippen molar-refractivity contribution in [2.45, 2.75) is 33.2 Å². The molecule has 0 radical (unpaired) electrons. The summed E-state index contributed by atoms with van der Waals surface area (Å²) in [5.74, 6) is 0. The van der Waals surface area contributed by atoms with Crippen molar-refractivity contribution in [3.63, 3.8) is 0 Å². The second-order valence-electron chi connectivity index (χ2n) is 5.14. The Morgan fingerprint density at radius 3 is 2.50 bits per heavy atom. The van der Waals surface area contributed by atoms with Gasteiger partial charge in [0.1, 0.15) is 0 Å². The predicted octanol–water partition coefficient (Wildman–Crippen LogP) is 1.92. The molecule has 0 unspecified atom stereocenters. The molecule has 1 saturated heterocycles. The van der Waals surface area contributed by atoms with E-state index in [0.29, 0.717) is 19.6 Å². The van der Waals surface area contributed by atoms with Crippen LogP contribution in [0.5, 0.6) is 0 Å². The van der Waals surface area contributed by atoms with Crippen molar-refractivity contribution in [1.82, 2.24) is 10.2 Å². The maximum Gasteiger partial charge on any atom is 0.317 e. The summed E-state index contributed by atoms with van der Waals surface area (Å²) in [6.45, 7) is 7.62. The molecule has 1 heterocycles. The molecule has 0 aromatic heterocycles. The Bertz CT molecular complexity index is 187. The molecule has 0 aliphatic carbocycles. The summed E-state index contributed by atoms with van der Waals surface area (Å²) >= 11 is 0. The lowest BCUT2D eigenvalue weighted by Gasteiger charge is -2.36. The third kappa shape index (κ3) is 3.50. The zero-order valence-corrected chi connectivity index (χ0v) is 9.24. The fourth-order valence-electron chi connectivity index (χ4n) is 1.47. The third-order valence-electron chi connectivity index (χ3n) is 2.49. The molecule has 1 N–H and O–H groups in total. The quantitative estimate of drug-likeness (QED) is 0.694. The number of piperazine rings is 1. The monoisotopic (exact) mass is 206 g/mol. The van der Waals surface area contributed by atoms with Gasteiger partial charge >= 0.3 is 6.05 Å². The highest BCUT2D eigenvalue weighted by atomic mass is 19.3. The van der Waals surface area contributed by atoms with Gasteiger partial charge in [0.05, 0.1) is 6.54 Å². The lowest BCUT2D eigenvalue weighted by atomic mass is 9.92. The highest BCUT2D eigenvalue weighted by Gasteiger charge is 2.39. The van der Waals surface area contributed by atoms with Gasteiger partial charge in [0, 0.05) is 19.6 Å². The maximum atomic E-state index is 13.3. The normalized spacial score (nSPS) is 23.8. The number of alkyl halides is 2. The van der Waals surface area contributed by atoms with Crippen LogP contribution in [0.15, 0.2) is 0 Å². The summed E-state index contributed by atoms with van der Waals surface area (Å²) in [5, 5.41) is 2.71. The Morgan fingerprint density at radius 1 is 1.36 bits per heavy atom. The van der Waals surface area contributed by atoms with Gasteiger partial charge in [-0.15, -0.1) is 0 Å². The maximum absolute atomic E-state index is 13.3. The number of nitrogens with zero attached hydrogens (tertiary/aromatic N) is 1. The van der Waals surface area contributed by atoms with E-state index in [-0.39, 0.29) is 12.0 Å². The first kappa shape index (κ1) is 11.9. The van der Waals surface area contributed by atoms with E-state index in [1.165, 1.54) is 4.90 Å². The molecule has 0 amide bonds. The number of nitrogens with one attached hydrogen (secondary N) is 1. The number of hydrogen-bond donors (Lipinski definition) is 1. The van der Waals surface area contributed by atoms with Crippen LogP contribution < -0.4 is 5.32 Å². The van der Waals surface area contributed by atoms with E-state index in [1.807, 2.05) is 0 Å². The zero-order valence-electron chi connectivity index (χ0n) is 9.24. The summed E-state index contributed by atoms with van der Waals surface area (Å²) in [6, 6.07) is -2.66. The molecule has 0 aromatic rings. The summed E-state index contributed by atoms with van der Waals surface area (Å²) < 4.78 is 26.6. The van der Waals surface area contributed by atoms with E-state index < -0.39 is 6.05 Å². The Balaban J connectivity index is 2.42. The molecule has 1 aliphatic rings. The van der Waals surface area contributed by atoms with Crippen molar-refractivity contribution < 1.29 is 8.78 Å².